The van der Waals surface area contributed by atoms with Crippen LogP contribution >= 0.6 is 0 Å². The van der Waals surface area contributed by atoms with Crippen LogP contribution in [-0.4, -0.2) is 37.9 Å². The summed E-state index contributed by atoms with van der Waals surface area (Å²) in [5, 5.41) is 11.1. The number of fused-ring (bicyclic) bond motifs is 2. The number of carbonyl (C=O) groups excluding carboxylic acids is 2. The average Bonchev–Trinajstić information content (AvgIpc) is 3.09. The molecule has 138 valence electrons. The molecule has 1 N–H and O–H groups in total. The molecular weight excluding hydrogens is 342 g/mol. The van der Waals surface area contributed by atoms with E-state index in [-0.39, 0.29) is 24.3 Å². The molecule has 7 nitrogen and oxygen atoms in total. The van der Waals surface area contributed by atoms with E-state index in [0.29, 0.717) is 18.9 Å². The van der Waals surface area contributed by atoms with Crippen LogP contribution in [0.25, 0.3) is 5.65 Å². The van der Waals surface area contributed by atoms with Crippen molar-refractivity contribution in [3.05, 3.63) is 65.6 Å². The lowest BCUT2D eigenvalue weighted by molar-refractivity contribution is -0.133. The van der Waals surface area contributed by atoms with Gasteiger partial charge >= 0.3 is 0 Å². The smallest absolute Gasteiger partial charge is 0.222 e. The minimum atomic E-state index is -0.234. The normalized spacial score (nSPS) is 16.2. The summed E-state index contributed by atoms with van der Waals surface area (Å²) in [4.78, 5) is 26.5. The van der Waals surface area contributed by atoms with E-state index >= 15 is 0 Å². The van der Waals surface area contributed by atoms with Crippen molar-refractivity contribution in [3.63, 3.8) is 0 Å². The van der Waals surface area contributed by atoms with E-state index in [1.165, 1.54) is 5.56 Å². The van der Waals surface area contributed by atoms with Gasteiger partial charge in [0.15, 0.2) is 11.5 Å². The van der Waals surface area contributed by atoms with E-state index in [2.05, 4.69) is 21.6 Å². The van der Waals surface area contributed by atoms with E-state index in [1.54, 1.807) is 11.8 Å². The Morgan fingerprint density at radius 1 is 1.15 bits per heavy atom. The summed E-state index contributed by atoms with van der Waals surface area (Å²) >= 11 is 0. The lowest BCUT2D eigenvalue weighted by atomic mass is 9.90. The Bertz CT molecular complexity index is 997. The van der Waals surface area contributed by atoms with Gasteiger partial charge in [-0.15, -0.1) is 10.2 Å². The molecule has 2 amide bonds. The van der Waals surface area contributed by atoms with Gasteiger partial charge in [0.05, 0.1) is 19.0 Å². The lowest BCUT2D eigenvalue weighted by Gasteiger charge is -2.36. The molecule has 0 aliphatic carbocycles. The molecule has 1 aromatic carbocycles. The maximum Gasteiger partial charge on any atom is 0.222 e. The van der Waals surface area contributed by atoms with Crippen molar-refractivity contribution in [2.24, 2.45) is 0 Å². The number of rotatable bonds is 4. The standard InChI is InChI=1S/C20H21N5O2/c1-14(26)24-11-9-15-6-2-3-7-16(15)17(24)12-20(27)21-13-19-23-22-18-8-4-5-10-25(18)19/h2-8,10,17H,9,11-13H2,1H3,(H,21,27). The van der Waals surface area contributed by atoms with E-state index in [0.717, 1.165) is 17.6 Å². The van der Waals surface area contributed by atoms with E-state index in [1.807, 2.05) is 47.0 Å². The molecule has 7 heteroatoms. The van der Waals surface area contributed by atoms with Crippen molar-refractivity contribution in [1.29, 1.82) is 0 Å². The van der Waals surface area contributed by atoms with Gasteiger partial charge in [-0.25, -0.2) is 0 Å². The van der Waals surface area contributed by atoms with Gasteiger partial charge in [-0.3, -0.25) is 14.0 Å². The number of benzene rings is 1. The van der Waals surface area contributed by atoms with Crippen LogP contribution in [0.4, 0.5) is 0 Å². The number of aromatic nitrogens is 3. The zero-order chi connectivity index (χ0) is 18.8. The molecule has 1 unspecified atom stereocenters. The SMILES string of the molecule is CC(=O)N1CCc2ccccc2C1CC(=O)NCc1nnc2ccccn12. The van der Waals surface area contributed by atoms with Crippen molar-refractivity contribution in [2.75, 3.05) is 6.54 Å². The highest BCUT2D eigenvalue weighted by atomic mass is 16.2. The third-order valence-electron chi connectivity index (χ3n) is 5.02. The second kappa shape index (κ2) is 7.19. The number of pyridine rings is 1. The van der Waals surface area contributed by atoms with Crippen molar-refractivity contribution in [3.8, 4) is 0 Å². The minimum absolute atomic E-state index is 0.00856. The lowest BCUT2D eigenvalue weighted by Crippen LogP contribution is -2.41. The van der Waals surface area contributed by atoms with E-state index in [9.17, 15) is 9.59 Å². The van der Waals surface area contributed by atoms with Crippen LogP contribution in [0.2, 0.25) is 0 Å². The number of amides is 2. The third-order valence-corrected chi connectivity index (χ3v) is 5.02. The fourth-order valence-corrected chi connectivity index (χ4v) is 3.69. The Morgan fingerprint density at radius 3 is 2.81 bits per heavy atom. The molecule has 0 bridgehead atoms. The van der Waals surface area contributed by atoms with Crippen LogP contribution in [-0.2, 0) is 22.6 Å². The van der Waals surface area contributed by atoms with Crippen molar-refractivity contribution >= 4 is 17.5 Å². The quantitative estimate of drug-likeness (QED) is 0.768. The molecular formula is C20H21N5O2. The van der Waals surface area contributed by atoms with Crippen LogP contribution in [0.5, 0.6) is 0 Å². The van der Waals surface area contributed by atoms with Gasteiger partial charge < -0.3 is 10.2 Å². The fraction of sp³-hybridized carbons (Fsp3) is 0.300. The first-order valence-corrected chi connectivity index (χ1v) is 9.04. The summed E-state index contributed by atoms with van der Waals surface area (Å²) < 4.78 is 1.85. The fourth-order valence-electron chi connectivity index (χ4n) is 3.69. The Hall–Kier alpha value is -3.22. The van der Waals surface area contributed by atoms with Gasteiger partial charge in [0.1, 0.15) is 0 Å². The van der Waals surface area contributed by atoms with Crippen molar-refractivity contribution in [1.82, 2.24) is 24.8 Å². The Labute approximate surface area is 157 Å². The Balaban J connectivity index is 1.48. The molecule has 1 aliphatic heterocycles. The number of carbonyl (C=O) groups is 2. The van der Waals surface area contributed by atoms with Crippen LogP contribution in [0, 0.1) is 0 Å². The topological polar surface area (TPSA) is 79.6 Å². The molecule has 3 aromatic rings. The molecule has 0 spiro atoms. The van der Waals surface area contributed by atoms with Gasteiger partial charge in [-0.05, 0) is 29.7 Å². The molecule has 0 saturated heterocycles. The summed E-state index contributed by atoms with van der Waals surface area (Å²) in [6.45, 7) is 2.48. The summed E-state index contributed by atoms with van der Waals surface area (Å²) in [5.41, 5.74) is 3.00. The minimum Gasteiger partial charge on any atom is -0.349 e. The summed E-state index contributed by atoms with van der Waals surface area (Å²) in [6.07, 6.45) is 2.92. The van der Waals surface area contributed by atoms with Gasteiger partial charge in [-0.1, -0.05) is 30.3 Å². The second-order valence-corrected chi connectivity index (χ2v) is 6.70. The van der Waals surface area contributed by atoms with Crippen LogP contribution in [0.15, 0.2) is 48.7 Å². The maximum atomic E-state index is 12.6. The summed E-state index contributed by atoms with van der Waals surface area (Å²) in [5.74, 6) is 0.549. The van der Waals surface area contributed by atoms with Gasteiger partial charge in [0, 0.05) is 19.7 Å². The summed E-state index contributed by atoms with van der Waals surface area (Å²) in [7, 11) is 0. The third kappa shape index (κ3) is 3.40. The highest BCUT2D eigenvalue weighted by Crippen LogP contribution is 2.32. The molecule has 1 aliphatic rings. The van der Waals surface area contributed by atoms with Crippen molar-refractivity contribution < 1.29 is 9.59 Å². The predicted octanol–water partition coefficient (Wildman–Crippen LogP) is 1.88. The first kappa shape index (κ1) is 17.2. The molecule has 0 fully saturated rings. The van der Waals surface area contributed by atoms with Crippen LogP contribution in [0.3, 0.4) is 0 Å². The monoisotopic (exact) mass is 363 g/mol. The van der Waals surface area contributed by atoms with E-state index < -0.39 is 0 Å². The molecule has 1 atom stereocenters. The molecule has 2 aromatic heterocycles. The highest BCUT2D eigenvalue weighted by Gasteiger charge is 2.30. The van der Waals surface area contributed by atoms with Gasteiger partial charge in [0.25, 0.3) is 0 Å². The number of nitrogens with zero attached hydrogens (tertiary/aromatic N) is 4. The largest absolute Gasteiger partial charge is 0.349 e. The first-order chi connectivity index (χ1) is 13.1. The second-order valence-electron chi connectivity index (χ2n) is 6.70. The Morgan fingerprint density at radius 2 is 1.96 bits per heavy atom. The average molecular weight is 363 g/mol. The zero-order valence-electron chi connectivity index (χ0n) is 15.1. The zero-order valence-corrected chi connectivity index (χ0v) is 15.1. The number of hydrogen-bond acceptors (Lipinski definition) is 4. The molecule has 0 radical (unpaired) electrons. The first-order valence-electron chi connectivity index (χ1n) is 9.04. The molecule has 27 heavy (non-hydrogen) atoms. The summed E-state index contributed by atoms with van der Waals surface area (Å²) in [6, 6.07) is 13.4. The van der Waals surface area contributed by atoms with Gasteiger partial charge in [0.2, 0.25) is 11.8 Å². The predicted molar refractivity (Wildman–Crippen MR) is 99.7 cm³/mol. The number of nitrogens with one attached hydrogen (secondary N) is 1. The van der Waals surface area contributed by atoms with Crippen LogP contribution in [0.1, 0.15) is 36.3 Å². The molecule has 4 rings (SSSR count). The number of hydrogen-bond donors (Lipinski definition) is 1. The van der Waals surface area contributed by atoms with E-state index in [4.69, 9.17) is 0 Å². The highest BCUT2D eigenvalue weighted by molar-refractivity contribution is 5.79. The Kier molecular flexibility index (Phi) is 4.58. The molecule has 0 saturated carbocycles. The van der Waals surface area contributed by atoms with Crippen molar-refractivity contribution in [2.45, 2.75) is 32.4 Å². The maximum absolute atomic E-state index is 12.6. The van der Waals surface area contributed by atoms with Gasteiger partial charge in [-0.2, -0.15) is 0 Å². The van der Waals surface area contributed by atoms with Crippen LogP contribution < -0.4 is 5.32 Å². The molecule has 3 heterocycles.